The molecule has 2 aliphatic rings. The second-order valence-electron chi connectivity index (χ2n) is 9.26. The van der Waals surface area contributed by atoms with Gasteiger partial charge >= 0.3 is 0 Å². The number of halogens is 3. The molecule has 8 nitrogen and oxygen atoms in total. The number of rotatable bonds is 4. The van der Waals surface area contributed by atoms with Crippen molar-refractivity contribution in [1.82, 2.24) is 29.8 Å². The van der Waals surface area contributed by atoms with E-state index in [2.05, 4.69) is 25.1 Å². The zero-order valence-corrected chi connectivity index (χ0v) is 21.2. The second-order valence-corrected chi connectivity index (χ2v) is 10.9. The maximum atomic E-state index is 14.4. The lowest BCUT2D eigenvalue weighted by Gasteiger charge is -2.45. The standard InChI is InChI=1S/C24H23ClF2N6O2S/c1-14-16(12-33(30-14)21-17(4-3-7-28-21)22-29-15(2)31-35-22)11-32-8-5-23(6-9-32)20-18(10-19(25)36-20)24(26,27)13-34-23/h3-4,7,10,12H,5-6,8-9,11,13H2,1-2H3. The Bertz CT molecular complexity index is 1430. The molecule has 1 spiro atoms. The molecule has 4 aromatic heterocycles. The summed E-state index contributed by atoms with van der Waals surface area (Å²) in [5.41, 5.74) is 1.96. The molecule has 0 saturated carbocycles. The zero-order chi connectivity index (χ0) is 25.1. The van der Waals surface area contributed by atoms with Crippen molar-refractivity contribution in [2.75, 3.05) is 19.7 Å². The minimum atomic E-state index is -3.00. The van der Waals surface area contributed by atoms with Gasteiger partial charge in [-0.1, -0.05) is 16.8 Å². The maximum Gasteiger partial charge on any atom is 0.297 e. The monoisotopic (exact) mass is 532 g/mol. The van der Waals surface area contributed by atoms with Crippen LogP contribution in [0.2, 0.25) is 4.34 Å². The first-order valence-corrected chi connectivity index (χ1v) is 12.8. The second kappa shape index (κ2) is 8.69. The number of hydrogen-bond donors (Lipinski definition) is 0. The molecule has 0 aromatic carbocycles. The third-order valence-electron chi connectivity index (χ3n) is 6.86. The summed E-state index contributed by atoms with van der Waals surface area (Å²) in [5, 5.41) is 8.57. The Labute approximate surface area is 214 Å². The molecule has 0 amide bonds. The van der Waals surface area contributed by atoms with Crippen molar-refractivity contribution in [1.29, 1.82) is 0 Å². The summed E-state index contributed by atoms with van der Waals surface area (Å²) in [4.78, 5) is 11.7. The smallest absolute Gasteiger partial charge is 0.297 e. The van der Waals surface area contributed by atoms with Crippen molar-refractivity contribution in [2.45, 2.75) is 44.8 Å². The first-order chi connectivity index (χ1) is 17.2. The van der Waals surface area contributed by atoms with Crippen molar-refractivity contribution < 1.29 is 18.0 Å². The fraction of sp³-hybridized carbons (Fsp3) is 0.417. The van der Waals surface area contributed by atoms with E-state index in [1.54, 1.807) is 17.8 Å². The van der Waals surface area contributed by atoms with Crippen LogP contribution in [0.3, 0.4) is 0 Å². The van der Waals surface area contributed by atoms with Gasteiger partial charge in [-0.3, -0.25) is 4.90 Å². The maximum absolute atomic E-state index is 14.4. The summed E-state index contributed by atoms with van der Waals surface area (Å²) in [6.45, 7) is 5.22. The van der Waals surface area contributed by atoms with Crippen LogP contribution in [0.15, 0.2) is 35.1 Å². The van der Waals surface area contributed by atoms with Crippen LogP contribution in [0.4, 0.5) is 8.78 Å². The highest BCUT2D eigenvalue weighted by Crippen LogP contribution is 2.52. The molecule has 188 valence electrons. The van der Waals surface area contributed by atoms with Gasteiger partial charge < -0.3 is 9.26 Å². The molecule has 6 heterocycles. The summed E-state index contributed by atoms with van der Waals surface area (Å²) in [6.07, 6.45) is 4.91. The summed E-state index contributed by atoms with van der Waals surface area (Å²) in [5.74, 6) is -1.47. The van der Waals surface area contributed by atoms with Gasteiger partial charge in [0.1, 0.15) is 12.2 Å². The molecule has 1 saturated heterocycles. The van der Waals surface area contributed by atoms with Gasteiger partial charge in [0.15, 0.2) is 11.6 Å². The average Bonchev–Trinajstić information content (AvgIpc) is 3.57. The molecule has 0 radical (unpaired) electrons. The number of nitrogens with zero attached hydrogens (tertiary/aromatic N) is 6. The quantitative estimate of drug-likeness (QED) is 0.354. The van der Waals surface area contributed by atoms with Gasteiger partial charge in [-0.05, 0) is 44.9 Å². The van der Waals surface area contributed by atoms with Gasteiger partial charge in [0.25, 0.3) is 11.8 Å². The Hall–Kier alpha value is -2.73. The van der Waals surface area contributed by atoms with E-state index in [0.717, 1.165) is 11.3 Å². The molecule has 2 aliphatic heterocycles. The van der Waals surface area contributed by atoms with E-state index < -0.39 is 18.1 Å². The fourth-order valence-corrected chi connectivity index (χ4v) is 6.42. The van der Waals surface area contributed by atoms with Gasteiger partial charge in [0, 0.05) is 48.0 Å². The Kier molecular flexibility index (Phi) is 5.71. The highest BCUT2D eigenvalue weighted by Gasteiger charge is 2.51. The molecule has 0 N–H and O–H groups in total. The van der Waals surface area contributed by atoms with Crippen LogP contribution in [0, 0.1) is 13.8 Å². The summed E-state index contributed by atoms with van der Waals surface area (Å²) >= 11 is 7.34. The number of pyridine rings is 1. The minimum Gasteiger partial charge on any atom is -0.363 e. The van der Waals surface area contributed by atoms with E-state index in [9.17, 15) is 8.78 Å². The molecule has 0 atom stereocenters. The molecular weight excluding hydrogens is 510 g/mol. The summed E-state index contributed by atoms with van der Waals surface area (Å²) < 4.78 is 42.1. The first kappa shape index (κ1) is 23.7. The van der Waals surface area contributed by atoms with Crippen LogP contribution in [0.5, 0.6) is 0 Å². The molecule has 0 bridgehead atoms. The van der Waals surface area contributed by atoms with Gasteiger partial charge in [0.2, 0.25) is 0 Å². The van der Waals surface area contributed by atoms with Gasteiger partial charge in [-0.15, -0.1) is 11.3 Å². The first-order valence-electron chi connectivity index (χ1n) is 11.6. The number of likely N-dealkylation sites (tertiary alicyclic amines) is 1. The van der Waals surface area contributed by atoms with E-state index in [4.69, 9.17) is 20.9 Å². The van der Waals surface area contributed by atoms with Crippen molar-refractivity contribution in [3.8, 4) is 17.3 Å². The molecule has 0 unspecified atom stereocenters. The number of aryl methyl sites for hydroxylation is 2. The number of hydrogen-bond acceptors (Lipinski definition) is 8. The topological polar surface area (TPSA) is 82.1 Å². The zero-order valence-electron chi connectivity index (χ0n) is 19.7. The Morgan fingerprint density at radius 1 is 1.22 bits per heavy atom. The van der Waals surface area contributed by atoms with Crippen molar-refractivity contribution >= 4 is 22.9 Å². The Morgan fingerprint density at radius 3 is 2.78 bits per heavy atom. The number of aromatic nitrogens is 5. The van der Waals surface area contributed by atoms with Crippen molar-refractivity contribution in [3.63, 3.8) is 0 Å². The third kappa shape index (κ3) is 4.03. The largest absolute Gasteiger partial charge is 0.363 e. The van der Waals surface area contributed by atoms with E-state index in [0.29, 0.717) is 64.8 Å². The summed E-state index contributed by atoms with van der Waals surface area (Å²) in [7, 11) is 0. The Morgan fingerprint density at radius 2 is 2.03 bits per heavy atom. The van der Waals surface area contributed by atoms with E-state index >= 15 is 0 Å². The molecule has 6 rings (SSSR count). The molecular formula is C24H23ClF2N6O2S. The predicted molar refractivity (Wildman–Crippen MR) is 129 cm³/mol. The van der Waals surface area contributed by atoms with Gasteiger partial charge in [0.05, 0.1) is 15.6 Å². The predicted octanol–water partition coefficient (Wildman–Crippen LogP) is 5.26. The highest BCUT2D eigenvalue weighted by molar-refractivity contribution is 7.16. The van der Waals surface area contributed by atoms with Crippen LogP contribution in [0.1, 0.15) is 40.4 Å². The third-order valence-corrected chi connectivity index (χ3v) is 8.31. The number of thiophene rings is 1. The van der Waals surface area contributed by atoms with Gasteiger partial charge in [-0.2, -0.15) is 18.9 Å². The average molecular weight is 533 g/mol. The van der Waals surface area contributed by atoms with E-state index in [1.807, 2.05) is 25.3 Å². The van der Waals surface area contributed by atoms with Crippen molar-refractivity contribution in [3.05, 3.63) is 62.5 Å². The fourth-order valence-electron chi connectivity index (χ4n) is 4.94. The highest BCUT2D eigenvalue weighted by atomic mass is 35.5. The van der Waals surface area contributed by atoms with Crippen molar-refractivity contribution in [2.24, 2.45) is 0 Å². The Balaban J connectivity index is 1.20. The minimum absolute atomic E-state index is 0.0249. The lowest BCUT2D eigenvalue weighted by molar-refractivity contribution is -0.182. The lowest BCUT2D eigenvalue weighted by Crippen LogP contribution is -2.48. The van der Waals surface area contributed by atoms with Crippen LogP contribution >= 0.6 is 22.9 Å². The van der Waals surface area contributed by atoms with Crippen LogP contribution in [0.25, 0.3) is 17.3 Å². The number of alkyl halides is 2. The number of fused-ring (bicyclic) bond motifs is 2. The molecule has 36 heavy (non-hydrogen) atoms. The normalized spacial score (nSPS) is 19.0. The van der Waals surface area contributed by atoms with Crippen LogP contribution in [-0.4, -0.2) is 49.5 Å². The molecule has 12 heteroatoms. The molecule has 4 aromatic rings. The molecule has 0 aliphatic carbocycles. The molecule has 1 fully saturated rings. The summed E-state index contributed by atoms with van der Waals surface area (Å²) in [6, 6.07) is 5.08. The van der Waals surface area contributed by atoms with E-state index in [1.165, 1.54) is 17.4 Å². The number of ether oxygens (including phenoxy) is 1. The number of piperidine rings is 1. The van der Waals surface area contributed by atoms with Crippen LogP contribution in [-0.2, 0) is 22.8 Å². The lowest BCUT2D eigenvalue weighted by atomic mass is 9.84. The van der Waals surface area contributed by atoms with E-state index in [-0.39, 0.29) is 5.56 Å². The van der Waals surface area contributed by atoms with Crippen LogP contribution < -0.4 is 0 Å². The SMILES string of the molecule is Cc1noc(-c2cccnc2-n2cc(CN3CCC4(CC3)OCC(F)(F)c3cc(Cl)sc34)c(C)n2)n1. The van der Waals surface area contributed by atoms with Gasteiger partial charge in [-0.25, -0.2) is 9.67 Å².